The summed E-state index contributed by atoms with van der Waals surface area (Å²) in [4.78, 5) is 1.07. The molecule has 0 atom stereocenters. The molecule has 18 heavy (non-hydrogen) atoms. The Bertz CT molecular complexity index is 649. The first kappa shape index (κ1) is 12.6. The molecule has 0 radical (unpaired) electrons. The largest absolute Gasteiger partial charge is 0.379 e. The molecule has 88 valence electrons. The van der Waals surface area contributed by atoms with Crippen LogP contribution in [0.5, 0.6) is 0 Å². The number of nitrogens with one attached hydrogen (secondary N) is 1. The molecule has 5 heteroatoms. The van der Waals surface area contributed by atoms with Crippen molar-refractivity contribution in [3.63, 3.8) is 0 Å². The van der Waals surface area contributed by atoms with E-state index < -0.39 is 0 Å². The van der Waals surface area contributed by atoms with Crippen molar-refractivity contribution in [2.75, 3.05) is 5.32 Å². The lowest BCUT2D eigenvalue weighted by atomic mass is 10.2. The van der Waals surface area contributed by atoms with Gasteiger partial charge >= 0.3 is 0 Å². The van der Waals surface area contributed by atoms with E-state index in [-0.39, 0.29) is 0 Å². The molecule has 0 unspecified atom stereocenters. The molecule has 0 fully saturated rings. The third-order valence-corrected chi connectivity index (χ3v) is 3.77. The molecule has 1 heterocycles. The molecule has 0 amide bonds. The van der Waals surface area contributed by atoms with Gasteiger partial charge in [-0.2, -0.15) is 10.5 Å². The summed E-state index contributed by atoms with van der Waals surface area (Å²) in [5, 5.41) is 22.8. The van der Waals surface area contributed by atoms with Crippen molar-refractivity contribution in [3.8, 4) is 12.1 Å². The zero-order valence-electron chi connectivity index (χ0n) is 9.27. The van der Waals surface area contributed by atoms with Gasteiger partial charge in [-0.05, 0) is 24.3 Å². The Kier molecular flexibility index (Phi) is 3.99. The number of hydrogen-bond acceptors (Lipinski definition) is 4. The number of nitriles is 2. The van der Waals surface area contributed by atoms with Crippen LogP contribution in [0.15, 0.2) is 34.1 Å². The predicted molar refractivity (Wildman–Crippen MR) is 75.2 cm³/mol. The van der Waals surface area contributed by atoms with E-state index in [2.05, 4.69) is 33.4 Å². The van der Waals surface area contributed by atoms with E-state index in [1.165, 1.54) is 11.3 Å². The van der Waals surface area contributed by atoms with Gasteiger partial charge in [-0.3, -0.25) is 0 Å². The van der Waals surface area contributed by atoms with E-state index >= 15 is 0 Å². The van der Waals surface area contributed by atoms with Gasteiger partial charge in [0.05, 0.1) is 16.8 Å². The van der Waals surface area contributed by atoms with Crippen LogP contribution < -0.4 is 5.32 Å². The van der Waals surface area contributed by atoms with Crippen LogP contribution in [0.4, 0.5) is 5.69 Å². The van der Waals surface area contributed by atoms with Gasteiger partial charge in [0, 0.05) is 21.3 Å². The molecule has 0 bridgehead atoms. The minimum Gasteiger partial charge on any atom is -0.379 e. The highest BCUT2D eigenvalue weighted by Crippen LogP contribution is 2.22. The third kappa shape index (κ3) is 2.89. The fourth-order valence-electron chi connectivity index (χ4n) is 1.47. The average Bonchev–Trinajstić information content (AvgIpc) is 2.84. The number of halogens is 1. The maximum Gasteiger partial charge on any atom is 0.101 e. The van der Waals surface area contributed by atoms with Gasteiger partial charge in [0.2, 0.25) is 0 Å². The van der Waals surface area contributed by atoms with Crippen molar-refractivity contribution in [1.29, 1.82) is 10.5 Å². The molecule has 1 aromatic heterocycles. The van der Waals surface area contributed by atoms with Crippen molar-refractivity contribution < 1.29 is 0 Å². The van der Waals surface area contributed by atoms with E-state index in [1.807, 2.05) is 23.6 Å². The highest BCUT2D eigenvalue weighted by atomic mass is 79.9. The van der Waals surface area contributed by atoms with Gasteiger partial charge in [-0.1, -0.05) is 15.9 Å². The van der Waals surface area contributed by atoms with Gasteiger partial charge in [0.25, 0.3) is 0 Å². The quantitative estimate of drug-likeness (QED) is 0.934. The maximum atomic E-state index is 9.00. The highest BCUT2D eigenvalue weighted by Gasteiger charge is 2.04. The number of anilines is 1. The summed E-state index contributed by atoms with van der Waals surface area (Å²) in [5.74, 6) is 0. The molecule has 0 aliphatic rings. The molecule has 3 nitrogen and oxygen atoms in total. The lowest BCUT2D eigenvalue weighted by molar-refractivity contribution is 1.18. The van der Waals surface area contributed by atoms with Crippen molar-refractivity contribution >= 4 is 33.0 Å². The van der Waals surface area contributed by atoms with Crippen LogP contribution in [-0.2, 0) is 6.54 Å². The molecule has 1 aromatic carbocycles. The highest BCUT2D eigenvalue weighted by molar-refractivity contribution is 9.10. The molecular weight excluding hydrogens is 310 g/mol. The maximum absolute atomic E-state index is 9.00. The fraction of sp³-hybridized carbons (Fsp3) is 0.0769. The zero-order chi connectivity index (χ0) is 13.0. The summed E-state index contributed by atoms with van der Waals surface area (Å²) in [5.41, 5.74) is 2.07. The Balaban J connectivity index is 2.13. The summed E-state index contributed by atoms with van der Waals surface area (Å²) >= 11 is 4.91. The van der Waals surface area contributed by atoms with Crippen LogP contribution in [0.25, 0.3) is 0 Å². The summed E-state index contributed by atoms with van der Waals surface area (Å²) in [6, 6.07) is 11.6. The minimum atomic E-state index is 0.607. The number of rotatable bonds is 3. The number of hydrogen-bond donors (Lipinski definition) is 1. The molecule has 0 saturated carbocycles. The van der Waals surface area contributed by atoms with Gasteiger partial charge in [0.15, 0.2) is 0 Å². The van der Waals surface area contributed by atoms with Gasteiger partial charge in [0.1, 0.15) is 12.1 Å². The lowest BCUT2D eigenvalue weighted by Gasteiger charge is -2.07. The monoisotopic (exact) mass is 317 g/mol. The van der Waals surface area contributed by atoms with E-state index in [1.54, 1.807) is 6.07 Å². The van der Waals surface area contributed by atoms with Crippen LogP contribution >= 0.6 is 27.3 Å². The lowest BCUT2D eigenvalue weighted by Crippen LogP contribution is -1.99. The second kappa shape index (κ2) is 5.68. The Morgan fingerprint density at radius 2 is 2.06 bits per heavy atom. The Labute approximate surface area is 117 Å². The molecular formula is C13H8BrN3S. The molecule has 2 rings (SSSR count). The zero-order valence-corrected chi connectivity index (χ0v) is 11.7. The summed E-state index contributed by atoms with van der Waals surface area (Å²) in [6.07, 6.45) is 0. The van der Waals surface area contributed by atoms with Crippen LogP contribution in [0.1, 0.15) is 16.0 Å². The van der Waals surface area contributed by atoms with E-state index in [9.17, 15) is 0 Å². The van der Waals surface area contributed by atoms with Crippen molar-refractivity contribution in [3.05, 3.63) is 50.1 Å². The molecule has 0 aliphatic heterocycles. The summed E-state index contributed by atoms with van der Waals surface area (Å²) in [6.45, 7) is 0.609. The van der Waals surface area contributed by atoms with E-state index in [4.69, 9.17) is 10.5 Å². The Morgan fingerprint density at radius 1 is 1.22 bits per heavy atom. The second-order valence-corrected chi connectivity index (χ2v) is 5.48. The Hall–Kier alpha value is -1.82. The fourth-order valence-corrected chi connectivity index (χ4v) is 2.59. The van der Waals surface area contributed by atoms with Crippen molar-refractivity contribution in [1.82, 2.24) is 0 Å². The van der Waals surface area contributed by atoms with Crippen molar-refractivity contribution in [2.24, 2.45) is 0 Å². The molecule has 0 aliphatic carbocycles. The van der Waals surface area contributed by atoms with Gasteiger partial charge in [-0.25, -0.2) is 0 Å². The number of benzene rings is 1. The summed E-state index contributed by atoms with van der Waals surface area (Å²) < 4.78 is 0.924. The van der Waals surface area contributed by atoms with E-state index in [0.29, 0.717) is 17.7 Å². The standard InChI is InChI=1S/C13H8BrN3S/c14-11-2-1-10(6-16)13(4-11)17-7-12-3-9(5-15)8-18-12/h1-4,8,17H,7H2. The first-order chi connectivity index (χ1) is 8.72. The molecule has 1 N–H and O–H groups in total. The van der Waals surface area contributed by atoms with Crippen molar-refractivity contribution in [2.45, 2.75) is 6.54 Å². The first-order valence-electron chi connectivity index (χ1n) is 5.14. The van der Waals surface area contributed by atoms with Gasteiger partial charge < -0.3 is 5.32 Å². The normalized spacial score (nSPS) is 9.50. The smallest absolute Gasteiger partial charge is 0.101 e. The number of nitrogens with zero attached hydrogens (tertiary/aromatic N) is 2. The number of thiophene rings is 1. The third-order valence-electron chi connectivity index (χ3n) is 2.34. The van der Waals surface area contributed by atoms with E-state index in [0.717, 1.165) is 15.0 Å². The summed E-state index contributed by atoms with van der Waals surface area (Å²) in [7, 11) is 0. The van der Waals surface area contributed by atoms with Crippen LogP contribution in [0.2, 0.25) is 0 Å². The Morgan fingerprint density at radius 3 is 2.72 bits per heavy atom. The van der Waals surface area contributed by atoms with Crippen LogP contribution in [-0.4, -0.2) is 0 Å². The predicted octanol–water partition coefficient (Wildman–Crippen LogP) is 3.87. The average molecular weight is 318 g/mol. The van der Waals surface area contributed by atoms with Crippen LogP contribution in [0.3, 0.4) is 0 Å². The van der Waals surface area contributed by atoms with Gasteiger partial charge in [-0.15, -0.1) is 11.3 Å². The molecule has 0 spiro atoms. The van der Waals surface area contributed by atoms with Crippen LogP contribution in [0, 0.1) is 22.7 Å². The molecule has 0 saturated heterocycles. The minimum absolute atomic E-state index is 0.607. The SMILES string of the molecule is N#Cc1csc(CNc2cc(Br)ccc2C#N)c1. The molecule has 2 aromatic rings. The first-order valence-corrected chi connectivity index (χ1v) is 6.81. The topological polar surface area (TPSA) is 59.6 Å². The second-order valence-electron chi connectivity index (χ2n) is 3.57.